The summed E-state index contributed by atoms with van der Waals surface area (Å²) in [6.07, 6.45) is 2.87. The number of hydrogen-bond acceptors (Lipinski definition) is 6. The lowest BCUT2D eigenvalue weighted by Gasteiger charge is -2.07. The highest BCUT2D eigenvalue weighted by atomic mass is 16.6. The molecule has 0 spiro atoms. The highest BCUT2D eigenvalue weighted by Crippen LogP contribution is 2.13. The highest BCUT2D eigenvalue weighted by molar-refractivity contribution is 6.11. The van der Waals surface area contributed by atoms with Gasteiger partial charge in [0.1, 0.15) is 17.7 Å². The van der Waals surface area contributed by atoms with Crippen LogP contribution < -0.4 is 5.43 Å². The molecular formula is C17H13N5O2. The van der Waals surface area contributed by atoms with Crippen molar-refractivity contribution in [3.8, 4) is 0 Å². The standard InChI is InChI=1S/C17H13N5O2/c23-22(24)14-9-10-16(19-12-14)20-21-17(13-6-2-1-3-7-13)15-8-4-5-11-18-15/h1-12H,(H,19,20)/b21-17-. The summed E-state index contributed by atoms with van der Waals surface area (Å²) < 4.78 is 0. The lowest BCUT2D eigenvalue weighted by Crippen LogP contribution is -2.08. The minimum Gasteiger partial charge on any atom is -0.261 e. The first-order chi connectivity index (χ1) is 11.7. The molecule has 0 fully saturated rings. The zero-order valence-electron chi connectivity index (χ0n) is 12.5. The van der Waals surface area contributed by atoms with E-state index in [1.165, 1.54) is 18.3 Å². The van der Waals surface area contributed by atoms with Gasteiger partial charge in [-0.2, -0.15) is 5.10 Å². The average Bonchev–Trinajstić information content (AvgIpc) is 2.64. The number of benzene rings is 1. The van der Waals surface area contributed by atoms with E-state index in [4.69, 9.17) is 0 Å². The smallest absolute Gasteiger partial charge is 0.261 e. The fourth-order valence-corrected chi connectivity index (χ4v) is 2.04. The predicted octanol–water partition coefficient (Wildman–Crippen LogP) is 3.25. The van der Waals surface area contributed by atoms with Gasteiger partial charge in [0.15, 0.2) is 0 Å². The predicted molar refractivity (Wildman–Crippen MR) is 90.8 cm³/mol. The van der Waals surface area contributed by atoms with Gasteiger partial charge in [-0.3, -0.25) is 20.5 Å². The molecule has 3 rings (SSSR count). The Hall–Kier alpha value is -3.61. The summed E-state index contributed by atoms with van der Waals surface area (Å²) in [7, 11) is 0. The van der Waals surface area contributed by atoms with E-state index < -0.39 is 4.92 Å². The Morgan fingerprint density at radius 2 is 1.79 bits per heavy atom. The van der Waals surface area contributed by atoms with Crippen LogP contribution in [-0.2, 0) is 0 Å². The molecule has 0 aliphatic heterocycles. The van der Waals surface area contributed by atoms with Crippen molar-refractivity contribution in [2.75, 3.05) is 5.43 Å². The van der Waals surface area contributed by atoms with Crippen LogP contribution in [0.2, 0.25) is 0 Å². The number of pyridine rings is 2. The summed E-state index contributed by atoms with van der Waals surface area (Å²) in [5.74, 6) is 0.407. The molecule has 1 aromatic carbocycles. The van der Waals surface area contributed by atoms with Gasteiger partial charge in [-0.25, -0.2) is 4.98 Å². The van der Waals surface area contributed by atoms with Gasteiger partial charge >= 0.3 is 0 Å². The van der Waals surface area contributed by atoms with E-state index in [1.807, 2.05) is 48.5 Å². The first-order valence-electron chi connectivity index (χ1n) is 7.15. The summed E-state index contributed by atoms with van der Waals surface area (Å²) in [6, 6.07) is 18.0. The van der Waals surface area contributed by atoms with Crippen molar-refractivity contribution in [2.45, 2.75) is 0 Å². The SMILES string of the molecule is O=[N+]([O-])c1ccc(N/N=C(/c2ccccc2)c2ccccn2)nc1. The van der Waals surface area contributed by atoms with Gasteiger partial charge in [-0.05, 0) is 18.2 Å². The van der Waals surface area contributed by atoms with Crippen molar-refractivity contribution in [2.24, 2.45) is 5.10 Å². The zero-order valence-corrected chi connectivity index (χ0v) is 12.5. The Morgan fingerprint density at radius 3 is 2.42 bits per heavy atom. The van der Waals surface area contributed by atoms with E-state index in [0.29, 0.717) is 17.2 Å². The molecule has 0 bridgehead atoms. The van der Waals surface area contributed by atoms with Crippen molar-refractivity contribution < 1.29 is 4.92 Å². The van der Waals surface area contributed by atoms with Crippen molar-refractivity contribution in [3.63, 3.8) is 0 Å². The number of hydrogen-bond donors (Lipinski definition) is 1. The quantitative estimate of drug-likeness (QED) is 0.442. The summed E-state index contributed by atoms with van der Waals surface area (Å²) in [5, 5.41) is 15.0. The van der Waals surface area contributed by atoms with Gasteiger partial charge in [-0.1, -0.05) is 36.4 Å². The number of anilines is 1. The molecule has 0 saturated carbocycles. The molecule has 0 saturated heterocycles. The Balaban J connectivity index is 1.91. The van der Waals surface area contributed by atoms with E-state index >= 15 is 0 Å². The van der Waals surface area contributed by atoms with Crippen LogP contribution in [0.1, 0.15) is 11.3 Å². The summed E-state index contributed by atoms with van der Waals surface area (Å²) >= 11 is 0. The molecule has 118 valence electrons. The molecule has 2 aromatic heterocycles. The van der Waals surface area contributed by atoms with Gasteiger partial charge in [0.25, 0.3) is 5.69 Å². The molecule has 3 aromatic rings. The minimum atomic E-state index is -0.497. The monoisotopic (exact) mass is 319 g/mol. The Morgan fingerprint density at radius 1 is 1.00 bits per heavy atom. The van der Waals surface area contributed by atoms with Crippen LogP contribution in [0.4, 0.5) is 11.5 Å². The second-order valence-electron chi connectivity index (χ2n) is 4.81. The van der Waals surface area contributed by atoms with Gasteiger partial charge in [0, 0.05) is 17.8 Å². The molecule has 2 heterocycles. The summed E-state index contributed by atoms with van der Waals surface area (Å²) in [4.78, 5) is 18.5. The third kappa shape index (κ3) is 3.58. The number of nitrogens with zero attached hydrogens (tertiary/aromatic N) is 4. The van der Waals surface area contributed by atoms with Gasteiger partial charge in [-0.15, -0.1) is 0 Å². The van der Waals surface area contributed by atoms with Crippen molar-refractivity contribution in [1.82, 2.24) is 9.97 Å². The fourth-order valence-electron chi connectivity index (χ4n) is 2.04. The molecule has 0 amide bonds. The number of nitrogens with one attached hydrogen (secondary N) is 1. The maximum absolute atomic E-state index is 10.7. The Labute approximate surface area is 137 Å². The molecule has 0 radical (unpaired) electrons. The minimum absolute atomic E-state index is 0.0717. The van der Waals surface area contributed by atoms with Crippen molar-refractivity contribution in [1.29, 1.82) is 0 Å². The molecule has 0 aliphatic carbocycles. The van der Waals surface area contributed by atoms with Crippen LogP contribution in [0.25, 0.3) is 0 Å². The molecule has 1 N–H and O–H groups in total. The molecular weight excluding hydrogens is 306 g/mol. The van der Waals surface area contributed by atoms with E-state index in [2.05, 4.69) is 20.5 Å². The van der Waals surface area contributed by atoms with E-state index in [9.17, 15) is 10.1 Å². The second kappa shape index (κ2) is 7.10. The average molecular weight is 319 g/mol. The second-order valence-corrected chi connectivity index (χ2v) is 4.81. The molecule has 7 heteroatoms. The highest BCUT2D eigenvalue weighted by Gasteiger charge is 2.09. The first kappa shape index (κ1) is 15.3. The molecule has 0 aliphatic rings. The van der Waals surface area contributed by atoms with Crippen LogP contribution in [-0.4, -0.2) is 20.6 Å². The number of aromatic nitrogens is 2. The lowest BCUT2D eigenvalue weighted by molar-refractivity contribution is -0.385. The Kier molecular flexibility index (Phi) is 4.52. The third-order valence-electron chi connectivity index (χ3n) is 3.20. The number of rotatable bonds is 5. The Bertz CT molecular complexity index is 808. The normalized spacial score (nSPS) is 11.1. The van der Waals surface area contributed by atoms with Gasteiger partial charge in [0.05, 0.1) is 10.6 Å². The van der Waals surface area contributed by atoms with Crippen molar-refractivity contribution >= 4 is 17.2 Å². The molecule has 0 atom stereocenters. The lowest BCUT2D eigenvalue weighted by atomic mass is 10.1. The largest absolute Gasteiger partial charge is 0.287 e. The molecule has 24 heavy (non-hydrogen) atoms. The third-order valence-corrected chi connectivity index (χ3v) is 3.20. The summed E-state index contributed by atoms with van der Waals surface area (Å²) in [6.45, 7) is 0. The van der Waals surface area contributed by atoms with E-state index in [1.54, 1.807) is 6.20 Å². The first-order valence-corrected chi connectivity index (χ1v) is 7.15. The van der Waals surface area contributed by atoms with Gasteiger partial charge in [0.2, 0.25) is 0 Å². The fraction of sp³-hybridized carbons (Fsp3) is 0. The molecule has 0 unspecified atom stereocenters. The maximum atomic E-state index is 10.7. The summed E-state index contributed by atoms with van der Waals surface area (Å²) in [5.41, 5.74) is 5.00. The molecule has 7 nitrogen and oxygen atoms in total. The zero-order chi connectivity index (χ0) is 16.8. The number of hydrazone groups is 1. The van der Waals surface area contributed by atoms with Crippen LogP contribution >= 0.6 is 0 Å². The maximum Gasteiger partial charge on any atom is 0.287 e. The topological polar surface area (TPSA) is 93.3 Å². The van der Waals surface area contributed by atoms with Gasteiger partial charge < -0.3 is 0 Å². The van der Waals surface area contributed by atoms with E-state index in [-0.39, 0.29) is 5.69 Å². The van der Waals surface area contributed by atoms with Crippen LogP contribution in [0.3, 0.4) is 0 Å². The van der Waals surface area contributed by atoms with Crippen LogP contribution in [0, 0.1) is 10.1 Å². The van der Waals surface area contributed by atoms with Crippen molar-refractivity contribution in [3.05, 3.63) is 94.4 Å². The van der Waals surface area contributed by atoms with E-state index in [0.717, 1.165) is 5.56 Å². The number of nitro groups is 1. The van der Waals surface area contributed by atoms with Crippen LogP contribution in [0.15, 0.2) is 78.2 Å². The van der Waals surface area contributed by atoms with Crippen LogP contribution in [0.5, 0.6) is 0 Å².